The Kier molecular flexibility index (Phi) is 9.66. The molecule has 2 atom stereocenters. The van der Waals surface area contributed by atoms with Crippen LogP contribution in [0.5, 0.6) is 0 Å². The van der Waals surface area contributed by atoms with E-state index in [9.17, 15) is 18.8 Å². The summed E-state index contributed by atoms with van der Waals surface area (Å²) in [5, 5.41) is 24.7. The van der Waals surface area contributed by atoms with Crippen LogP contribution in [0.4, 0.5) is 10.2 Å². The number of aliphatic hydroxyl groups excluding tert-OH is 1. The standard InChI is InChI=1S/C8H10FN3O3S.C4H6O4.H2O/c9-4-1-12(8(14)11-7(4)10)5-3-16-6(2-13)15-5;5-3(6)1-2-4(7)8;/h1,5-6,13H,2-3H2,(H2,10,11,14);1-2H2,(H,5,6)(H,7,8);1H2/t5-,6+;;/m0../s1. The molecule has 1 aliphatic heterocycles. The van der Waals surface area contributed by atoms with Crippen LogP contribution in [0.15, 0.2) is 11.0 Å². The van der Waals surface area contributed by atoms with Crippen LogP contribution in [0.25, 0.3) is 0 Å². The van der Waals surface area contributed by atoms with Gasteiger partial charge in [-0.15, -0.1) is 11.8 Å². The smallest absolute Gasteiger partial charge is 0.351 e. The molecule has 1 aromatic heterocycles. The summed E-state index contributed by atoms with van der Waals surface area (Å²) in [6, 6.07) is 0. The van der Waals surface area contributed by atoms with Gasteiger partial charge in [0.1, 0.15) is 11.7 Å². The number of hydrogen-bond donors (Lipinski definition) is 4. The molecule has 0 aliphatic carbocycles. The maximum Gasteiger partial charge on any atom is 0.351 e. The van der Waals surface area contributed by atoms with Crippen LogP contribution in [0.2, 0.25) is 0 Å². The molecule has 13 heteroatoms. The zero-order valence-electron chi connectivity index (χ0n) is 12.8. The summed E-state index contributed by atoms with van der Waals surface area (Å²) in [4.78, 5) is 34.0. The number of thioether (sulfide) groups is 1. The number of aromatic nitrogens is 2. The molecule has 0 radical (unpaired) electrons. The minimum atomic E-state index is -1.08. The SMILES string of the molecule is Nc1nc(=O)n([C@@H]2CS[C@H](CO)O2)cc1F.O.O=C(O)CCC(=O)O. The summed E-state index contributed by atoms with van der Waals surface area (Å²) in [6.07, 6.45) is -0.238. The molecule has 0 unspecified atom stereocenters. The van der Waals surface area contributed by atoms with Crippen LogP contribution < -0.4 is 11.4 Å². The first-order valence-corrected chi connectivity index (χ1v) is 7.65. The average Bonchev–Trinajstić information content (AvgIpc) is 2.98. The molecule has 1 aromatic rings. The number of nitrogen functional groups attached to an aromatic ring is 1. The highest BCUT2D eigenvalue weighted by Crippen LogP contribution is 2.30. The maximum atomic E-state index is 13.1. The van der Waals surface area contributed by atoms with Gasteiger partial charge < -0.3 is 31.3 Å². The minimum Gasteiger partial charge on any atom is -0.481 e. The Morgan fingerprint density at radius 1 is 1.40 bits per heavy atom. The second kappa shape index (κ2) is 10.6. The van der Waals surface area contributed by atoms with Gasteiger partial charge in [0.15, 0.2) is 11.6 Å². The molecule has 0 saturated carbocycles. The molecule has 7 N–H and O–H groups in total. The first-order chi connectivity index (χ1) is 11.2. The Bertz CT molecular complexity index is 642. The van der Waals surface area contributed by atoms with Crippen LogP contribution >= 0.6 is 11.8 Å². The third-order valence-corrected chi connectivity index (χ3v) is 3.79. The lowest BCUT2D eigenvalue weighted by molar-refractivity contribution is -0.143. The van der Waals surface area contributed by atoms with E-state index in [1.807, 2.05) is 0 Å². The molecule has 0 bridgehead atoms. The van der Waals surface area contributed by atoms with E-state index in [2.05, 4.69) is 4.98 Å². The van der Waals surface area contributed by atoms with Gasteiger partial charge in [0.2, 0.25) is 0 Å². The Balaban J connectivity index is 0.000000552. The molecular formula is C12H18FN3O8S. The average molecular weight is 383 g/mol. The predicted molar refractivity (Wildman–Crippen MR) is 84.4 cm³/mol. The Morgan fingerprint density at radius 2 is 1.96 bits per heavy atom. The van der Waals surface area contributed by atoms with E-state index in [1.165, 1.54) is 11.8 Å². The Hall–Kier alpha value is -2.22. The Morgan fingerprint density at radius 3 is 2.40 bits per heavy atom. The maximum absolute atomic E-state index is 13.1. The van der Waals surface area contributed by atoms with Crippen molar-refractivity contribution in [2.45, 2.75) is 24.5 Å². The van der Waals surface area contributed by atoms with E-state index in [4.69, 9.17) is 25.8 Å². The van der Waals surface area contributed by atoms with Crippen molar-refractivity contribution in [3.05, 3.63) is 22.5 Å². The lowest BCUT2D eigenvalue weighted by atomic mass is 10.3. The number of ether oxygens (including phenoxy) is 1. The van der Waals surface area contributed by atoms with Gasteiger partial charge >= 0.3 is 17.6 Å². The molecule has 1 aliphatic rings. The summed E-state index contributed by atoms with van der Waals surface area (Å²) in [5.41, 5.74) is 4.10. The fourth-order valence-corrected chi connectivity index (χ4v) is 2.49. The van der Waals surface area contributed by atoms with Crippen LogP contribution in [-0.4, -0.2) is 60.1 Å². The number of aliphatic carboxylic acids is 2. The molecule has 0 aromatic carbocycles. The van der Waals surface area contributed by atoms with Crippen LogP contribution in [0.1, 0.15) is 19.1 Å². The summed E-state index contributed by atoms with van der Waals surface area (Å²) < 4.78 is 19.5. The molecule has 11 nitrogen and oxygen atoms in total. The number of halogens is 1. The van der Waals surface area contributed by atoms with Gasteiger partial charge in [-0.05, 0) is 0 Å². The first-order valence-electron chi connectivity index (χ1n) is 6.60. The van der Waals surface area contributed by atoms with Gasteiger partial charge in [0, 0.05) is 5.75 Å². The van der Waals surface area contributed by atoms with Crippen LogP contribution in [0, 0.1) is 5.82 Å². The number of carboxylic acids is 2. The predicted octanol–water partition coefficient (Wildman–Crippen LogP) is -1.34. The number of carbonyl (C=O) groups is 2. The molecule has 1 fully saturated rings. The summed E-state index contributed by atoms with van der Waals surface area (Å²) in [7, 11) is 0. The normalized spacial score (nSPS) is 18.6. The van der Waals surface area contributed by atoms with E-state index < -0.39 is 40.9 Å². The van der Waals surface area contributed by atoms with Crippen molar-refractivity contribution in [3.8, 4) is 0 Å². The van der Waals surface area contributed by atoms with Crippen molar-refractivity contribution in [1.82, 2.24) is 9.55 Å². The molecule has 0 spiro atoms. The van der Waals surface area contributed by atoms with E-state index in [0.717, 1.165) is 10.8 Å². The van der Waals surface area contributed by atoms with Gasteiger partial charge in [-0.3, -0.25) is 14.2 Å². The van der Waals surface area contributed by atoms with Gasteiger partial charge in [0.25, 0.3) is 0 Å². The Labute approximate surface area is 144 Å². The van der Waals surface area contributed by atoms with Crippen molar-refractivity contribution in [1.29, 1.82) is 0 Å². The van der Waals surface area contributed by atoms with Crippen LogP contribution in [0.3, 0.4) is 0 Å². The lowest BCUT2D eigenvalue weighted by Gasteiger charge is -2.13. The lowest BCUT2D eigenvalue weighted by Crippen LogP contribution is -2.29. The van der Waals surface area contributed by atoms with E-state index in [1.54, 1.807) is 0 Å². The topological polar surface area (TPSA) is 196 Å². The van der Waals surface area contributed by atoms with Crippen molar-refractivity contribution < 1.29 is 39.5 Å². The van der Waals surface area contributed by atoms with E-state index in [-0.39, 0.29) is 24.9 Å². The molecule has 142 valence electrons. The summed E-state index contributed by atoms with van der Waals surface area (Å²) in [5.74, 6) is -2.89. The number of hydrogen-bond acceptors (Lipinski definition) is 8. The molecule has 1 saturated heterocycles. The number of carboxylic acid groups (broad SMARTS) is 2. The molecule has 2 heterocycles. The molecular weight excluding hydrogens is 365 g/mol. The number of rotatable bonds is 5. The number of nitrogens with zero attached hydrogens (tertiary/aromatic N) is 2. The van der Waals surface area contributed by atoms with Gasteiger partial charge in [0.05, 0.1) is 25.6 Å². The second-order valence-electron chi connectivity index (χ2n) is 4.49. The van der Waals surface area contributed by atoms with Crippen molar-refractivity contribution >= 4 is 29.5 Å². The first kappa shape index (κ1) is 22.8. The fraction of sp³-hybridized carbons (Fsp3) is 0.500. The zero-order chi connectivity index (χ0) is 18.3. The highest BCUT2D eigenvalue weighted by Gasteiger charge is 2.28. The number of aliphatic hydroxyl groups is 1. The largest absolute Gasteiger partial charge is 0.481 e. The van der Waals surface area contributed by atoms with E-state index in [0.29, 0.717) is 5.75 Å². The monoisotopic (exact) mass is 383 g/mol. The second-order valence-corrected chi connectivity index (χ2v) is 5.68. The molecule has 2 rings (SSSR count). The van der Waals surface area contributed by atoms with Crippen molar-refractivity contribution in [2.75, 3.05) is 18.1 Å². The van der Waals surface area contributed by atoms with Gasteiger partial charge in [-0.25, -0.2) is 9.18 Å². The van der Waals surface area contributed by atoms with Crippen molar-refractivity contribution in [3.63, 3.8) is 0 Å². The number of nitrogens with two attached hydrogens (primary N) is 1. The van der Waals surface area contributed by atoms with Crippen LogP contribution in [-0.2, 0) is 14.3 Å². The van der Waals surface area contributed by atoms with Gasteiger partial charge in [-0.2, -0.15) is 4.98 Å². The fourth-order valence-electron chi connectivity index (χ4n) is 1.56. The quantitative estimate of drug-likeness (QED) is 0.472. The highest BCUT2D eigenvalue weighted by molar-refractivity contribution is 8.00. The molecule has 0 amide bonds. The van der Waals surface area contributed by atoms with Crippen molar-refractivity contribution in [2.24, 2.45) is 0 Å². The summed E-state index contributed by atoms with van der Waals surface area (Å²) >= 11 is 1.35. The number of anilines is 1. The third kappa shape index (κ3) is 7.47. The highest BCUT2D eigenvalue weighted by atomic mass is 32.2. The summed E-state index contributed by atoms with van der Waals surface area (Å²) in [6.45, 7) is -0.152. The molecule has 25 heavy (non-hydrogen) atoms. The zero-order valence-corrected chi connectivity index (χ0v) is 13.6. The van der Waals surface area contributed by atoms with Gasteiger partial charge in [-0.1, -0.05) is 0 Å². The minimum absolute atomic E-state index is 0. The van der Waals surface area contributed by atoms with E-state index >= 15 is 0 Å². The third-order valence-electron chi connectivity index (χ3n) is 2.68.